The zero-order valence-corrected chi connectivity index (χ0v) is 16.2. The summed E-state index contributed by atoms with van der Waals surface area (Å²) in [5.74, 6) is 0.466. The molecule has 0 aliphatic carbocycles. The highest BCUT2D eigenvalue weighted by Crippen LogP contribution is 2.24. The Morgan fingerprint density at radius 1 is 1.11 bits per heavy atom. The number of carbonyl (C=O) groups excluding carboxylic acids is 1. The number of hydrogen-bond acceptors (Lipinski definition) is 6. The first-order valence-corrected chi connectivity index (χ1v) is 10.1. The minimum atomic E-state index is -0.517. The van der Waals surface area contributed by atoms with Crippen molar-refractivity contribution in [2.24, 2.45) is 0 Å². The van der Waals surface area contributed by atoms with Gasteiger partial charge in [-0.25, -0.2) is 9.37 Å². The van der Waals surface area contributed by atoms with Gasteiger partial charge in [-0.3, -0.25) is 14.2 Å². The predicted molar refractivity (Wildman–Crippen MR) is 106 cm³/mol. The third kappa shape index (κ3) is 4.70. The summed E-state index contributed by atoms with van der Waals surface area (Å²) in [4.78, 5) is 29.6. The van der Waals surface area contributed by atoms with E-state index in [0.29, 0.717) is 32.5 Å². The van der Waals surface area contributed by atoms with Crippen molar-refractivity contribution in [3.05, 3.63) is 64.7 Å². The highest BCUT2D eigenvalue weighted by Gasteiger charge is 2.14. The fourth-order valence-electron chi connectivity index (χ4n) is 2.44. The van der Waals surface area contributed by atoms with Gasteiger partial charge in [-0.1, -0.05) is 36.0 Å². The molecular formula is C19H17FN2O3S2. The monoisotopic (exact) mass is 404 g/mol. The van der Waals surface area contributed by atoms with Crippen LogP contribution >= 0.6 is 23.5 Å². The lowest BCUT2D eigenvalue weighted by Gasteiger charge is -2.12. The van der Waals surface area contributed by atoms with Gasteiger partial charge in [-0.2, -0.15) is 0 Å². The molecule has 27 heavy (non-hydrogen) atoms. The second-order valence-corrected chi connectivity index (χ2v) is 7.71. The standard InChI is InChI=1S/C19H17FN2O3S2/c1-25-17(23)12-22-18(24)13-6-2-4-8-15(13)21-19(22)27-11-10-26-16-9-5-3-7-14(16)20/h2-9H,10-12H2,1H3. The van der Waals surface area contributed by atoms with Gasteiger partial charge in [0.15, 0.2) is 5.16 Å². The molecule has 0 aliphatic rings. The average Bonchev–Trinajstić information content (AvgIpc) is 2.69. The molecule has 1 aromatic heterocycles. The number of thioether (sulfide) groups is 2. The fourth-order valence-corrected chi connectivity index (χ4v) is 4.35. The lowest BCUT2D eigenvalue weighted by Crippen LogP contribution is -2.27. The zero-order valence-electron chi connectivity index (χ0n) is 14.6. The summed E-state index contributed by atoms with van der Waals surface area (Å²) in [5.41, 5.74) is 0.295. The van der Waals surface area contributed by atoms with Crippen molar-refractivity contribution < 1.29 is 13.9 Å². The van der Waals surface area contributed by atoms with E-state index >= 15 is 0 Å². The summed E-state index contributed by atoms with van der Waals surface area (Å²) in [6, 6.07) is 13.6. The van der Waals surface area contributed by atoms with E-state index < -0.39 is 5.97 Å². The Labute approximate surface area is 163 Å². The molecule has 0 saturated heterocycles. The molecule has 3 rings (SSSR count). The summed E-state index contributed by atoms with van der Waals surface area (Å²) in [6.45, 7) is -0.198. The van der Waals surface area contributed by atoms with Crippen LogP contribution in [0.2, 0.25) is 0 Å². The van der Waals surface area contributed by atoms with Gasteiger partial charge in [0, 0.05) is 16.4 Å². The van der Waals surface area contributed by atoms with Crippen LogP contribution in [0.25, 0.3) is 10.9 Å². The molecule has 5 nitrogen and oxygen atoms in total. The number of fused-ring (bicyclic) bond motifs is 1. The quantitative estimate of drug-likeness (QED) is 0.260. The molecule has 0 aliphatic heterocycles. The molecule has 0 unspecified atom stereocenters. The highest BCUT2D eigenvalue weighted by molar-refractivity contribution is 8.02. The van der Waals surface area contributed by atoms with Crippen molar-refractivity contribution in [3.8, 4) is 0 Å². The molecular weight excluding hydrogens is 387 g/mol. The molecule has 0 fully saturated rings. The van der Waals surface area contributed by atoms with Gasteiger partial charge < -0.3 is 4.74 Å². The van der Waals surface area contributed by atoms with Crippen molar-refractivity contribution >= 4 is 40.4 Å². The molecule has 0 amide bonds. The largest absolute Gasteiger partial charge is 0.468 e. The molecule has 140 valence electrons. The van der Waals surface area contributed by atoms with Gasteiger partial charge in [0.25, 0.3) is 5.56 Å². The first-order chi connectivity index (χ1) is 13.1. The average molecular weight is 404 g/mol. The van der Waals surface area contributed by atoms with E-state index in [1.807, 2.05) is 6.07 Å². The number of rotatable bonds is 7. The molecule has 0 saturated carbocycles. The van der Waals surface area contributed by atoms with Crippen LogP contribution in [0.15, 0.2) is 63.4 Å². The van der Waals surface area contributed by atoms with Gasteiger partial charge in [0.2, 0.25) is 0 Å². The fraction of sp³-hybridized carbons (Fsp3) is 0.211. The van der Waals surface area contributed by atoms with Crippen molar-refractivity contribution in [1.29, 1.82) is 0 Å². The van der Waals surface area contributed by atoms with Gasteiger partial charge >= 0.3 is 5.97 Å². The van der Waals surface area contributed by atoms with Crippen LogP contribution in [0.4, 0.5) is 4.39 Å². The van der Waals surface area contributed by atoms with Gasteiger partial charge in [-0.15, -0.1) is 11.8 Å². The number of methoxy groups -OCH3 is 1. The Balaban J connectivity index is 1.79. The minimum Gasteiger partial charge on any atom is -0.468 e. The van der Waals surface area contributed by atoms with E-state index in [-0.39, 0.29) is 17.9 Å². The Bertz CT molecular complexity index is 1020. The molecule has 0 atom stereocenters. The maximum Gasteiger partial charge on any atom is 0.325 e. The van der Waals surface area contributed by atoms with Crippen molar-refractivity contribution in [2.75, 3.05) is 18.6 Å². The molecule has 2 aromatic carbocycles. The minimum absolute atomic E-state index is 0.198. The molecule has 0 N–H and O–H groups in total. The topological polar surface area (TPSA) is 61.2 Å². The number of hydrogen-bond donors (Lipinski definition) is 0. The maximum absolute atomic E-state index is 13.7. The number of halogens is 1. The Morgan fingerprint density at radius 2 is 1.81 bits per heavy atom. The molecule has 3 aromatic rings. The smallest absolute Gasteiger partial charge is 0.325 e. The summed E-state index contributed by atoms with van der Waals surface area (Å²) in [5, 5.41) is 0.893. The van der Waals surface area contributed by atoms with E-state index in [1.54, 1.807) is 36.4 Å². The second kappa shape index (κ2) is 9.05. The molecule has 0 spiro atoms. The lowest BCUT2D eigenvalue weighted by molar-refractivity contribution is -0.141. The van der Waals surface area contributed by atoms with Crippen molar-refractivity contribution in [3.63, 3.8) is 0 Å². The zero-order chi connectivity index (χ0) is 19.2. The maximum atomic E-state index is 13.7. The number of para-hydroxylation sites is 1. The van der Waals surface area contributed by atoms with Crippen LogP contribution in [0, 0.1) is 5.82 Å². The first kappa shape index (κ1) is 19.4. The van der Waals surface area contributed by atoms with Crippen molar-refractivity contribution in [2.45, 2.75) is 16.6 Å². The third-order valence-electron chi connectivity index (χ3n) is 3.75. The normalized spacial score (nSPS) is 10.9. The number of ether oxygens (including phenoxy) is 1. The van der Waals surface area contributed by atoms with Gasteiger partial charge in [0.1, 0.15) is 12.4 Å². The van der Waals surface area contributed by atoms with Crippen LogP contribution in [0.3, 0.4) is 0 Å². The van der Waals surface area contributed by atoms with E-state index in [2.05, 4.69) is 4.98 Å². The molecule has 0 bridgehead atoms. The lowest BCUT2D eigenvalue weighted by atomic mass is 10.2. The first-order valence-electron chi connectivity index (χ1n) is 8.16. The van der Waals surface area contributed by atoms with E-state index in [0.717, 1.165) is 0 Å². The second-order valence-electron chi connectivity index (χ2n) is 5.51. The summed E-state index contributed by atoms with van der Waals surface area (Å²) in [7, 11) is 1.28. The van der Waals surface area contributed by atoms with Crippen LogP contribution in [0.1, 0.15) is 0 Å². The van der Waals surface area contributed by atoms with E-state index in [9.17, 15) is 14.0 Å². The van der Waals surface area contributed by atoms with E-state index in [4.69, 9.17) is 4.74 Å². The van der Waals surface area contributed by atoms with Gasteiger partial charge in [0.05, 0.1) is 18.0 Å². The number of esters is 1. The Morgan fingerprint density at radius 3 is 2.59 bits per heavy atom. The summed E-state index contributed by atoms with van der Waals surface area (Å²) >= 11 is 2.75. The Kier molecular flexibility index (Phi) is 6.52. The summed E-state index contributed by atoms with van der Waals surface area (Å²) < 4.78 is 19.7. The third-order valence-corrected chi connectivity index (χ3v) is 6.04. The number of aromatic nitrogens is 2. The SMILES string of the molecule is COC(=O)Cn1c(SCCSc2ccccc2F)nc2ccccc2c1=O. The molecule has 0 radical (unpaired) electrons. The van der Waals surface area contributed by atoms with E-state index in [1.165, 1.54) is 41.3 Å². The van der Waals surface area contributed by atoms with Crippen molar-refractivity contribution in [1.82, 2.24) is 9.55 Å². The Hall–Kier alpha value is -2.32. The van der Waals surface area contributed by atoms with Crippen LogP contribution in [-0.4, -0.2) is 34.1 Å². The molecule has 1 heterocycles. The highest BCUT2D eigenvalue weighted by atomic mass is 32.2. The molecule has 8 heteroatoms. The number of benzene rings is 2. The number of nitrogens with zero attached hydrogens (tertiary/aromatic N) is 2. The van der Waals surface area contributed by atoms with Crippen LogP contribution in [0.5, 0.6) is 0 Å². The number of carbonyl (C=O) groups is 1. The van der Waals surface area contributed by atoms with Crippen LogP contribution < -0.4 is 5.56 Å². The summed E-state index contributed by atoms with van der Waals surface area (Å²) in [6.07, 6.45) is 0. The van der Waals surface area contributed by atoms with Gasteiger partial charge in [-0.05, 0) is 24.3 Å². The predicted octanol–water partition coefficient (Wildman–Crippen LogP) is 3.59. The van der Waals surface area contributed by atoms with Crippen LogP contribution in [-0.2, 0) is 16.1 Å².